The molecule has 7 nitrogen and oxygen atoms in total. The minimum atomic E-state index is -0.620. The molecule has 1 fully saturated rings. The van der Waals surface area contributed by atoms with Gasteiger partial charge >= 0.3 is 11.9 Å². The molecular weight excluding hydrogens is 570 g/mol. The van der Waals surface area contributed by atoms with Crippen LogP contribution in [-0.4, -0.2) is 39.2 Å². The number of ether oxygens (including phenoxy) is 2. The van der Waals surface area contributed by atoms with Crippen LogP contribution in [0.15, 0.2) is 48.5 Å². The predicted octanol–water partition coefficient (Wildman–Crippen LogP) is 8.77. The summed E-state index contributed by atoms with van der Waals surface area (Å²) in [4.78, 5) is 36.7. The van der Waals surface area contributed by atoms with E-state index in [-0.39, 0.29) is 12.5 Å². The van der Waals surface area contributed by atoms with E-state index >= 15 is 0 Å². The van der Waals surface area contributed by atoms with Gasteiger partial charge in [-0.25, -0.2) is 14.8 Å². The Morgan fingerprint density at radius 2 is 1.75 bits per heavy atom. The maximum absolute atomic E-state index is 13.4. The van der Waals surface area contributed by atoms with Crippen molar-refractivity contribution in [1.82, 2.24) is 14.5 Å². The first-order chi connectivity index (χ1) is 21.0. The first kappa shape index (κ1) is 30.0. The Morgan fingerprint density at radius 3 is 2.43 bits per heavy atom. The number of nitrogens with zero attached hydrogens (tertiary/aromatic N) is 3. The van der Waals surface area contributed by atoms with E-state index in [1.54, 1.807) is 11.3 Å². The van der Waals surface area contributed by atoms with Crippen LogP contribution in [0.1, 0.15) is 85.4 Å². The molecule has 3 aromatic heterocycles. The number of thiazole rings is 1. The van der Waals surface area contributed by atoms with Crippen molar-refractivity contribution >= 4 is 45.1 Å². The molecular formula is C36H39N3O4S. The fourth-order valence-corrected chi connectivity index (χ4v) is 7.46. The maximum Gasteiger partial charge on any atom is 0.337 e. The molecule has 0 unspecified atom stereocenters. The van der Waals surface area contributed by atoms with Crippen molar-refractivity contribution in [2.75, 3.05) is 7.11 Å². The van der Waals surface area contributed by atoms with E-state index in [9.17, 15) is 9.59 Å². The fourth-order valence-electron chi connectivity index (χ4n) is 6.57. The number of hydrogen-bond donors (Lipinski definition) is 0. The molecule has 5 aromatic rings. The van der Waals surface area contributed by atoms with Crippen LogP contribution < -0.4 is 0 Å². The molecule has 1 saturated carbocycles. The molecule has 0 atom stereocenters. The van der Waals surface area contributed by atoms with Crippen LogP contribution in [0.4, 0.5) is 0 Å². The van der Waals surface area contributed by atoms with Crippen LogP contribution in [0.25, 0.3) is 43.6 Å². The molecule has 1 aliphatic carbocycles. The van der Waals surface area contributed by atoms with Crippen LogP contribution in [-0.2, 0) is 20.8 Å². The van der Waals surface area contributed by atoms with Gasteiger partial charge in [-0.05, 0) is 94.8 Å². The van der Waals surface area contributed by atoms with Crippen molar-refractivity contribution in [3.63, 3.8) is 0 Å². The highest BCUT2D eigenvalue weighted by atomic mass is 32.1. The number of esters is 2. The molecule has 44 heavy (non-hydrogen) atoms. The third kappa shape index (κ3) is 5.87. The van der Waals surface area contributed by atoms with Crippen molar-refractivity contribution in [3.8, 4) is 21.8 Å². The van der Waals surface area contributed by atoms with E-state index in [1.165, 1.54) is 31.9 Å². The molecule has 8 heteroatoms. The third-order valence-corrected chi connectivity index (χ3v) is 9.44. The first-order valence-corrected chi connectivity index (χ1v) is 16.2. The minimum absolute atomic E-state index is 0.0275. The summed E-state index contributed by atoms with van der Waals surface area (Å²) >= 11 is 1.66. The van der Waals surface area contributed by atoms with Gasteiger partial charge in [0.05, 0.1) is 50.7 Å². The largest absolute Gasteiger partial charge is 0.465 e. The van der Waals surface area contributed by atoms with Gasteiger partial charge in [0.2, 0.25) is 0 Å². The number of pyridine rings is 1. The number of carbonyl (C=O) groups excluding carboxylic acids is 2. The van der Waals surface area contributed by atoms with E-state index in [2.05, 4.69) is 35.3 Å². The topological polar surface area (TPSA) is 83.3 Å². The zero-order chi connectivity index (χ0) is 31.2. The van der Waals surface area contributed by atoms with E-state index in [0.29, 0.717) is 11.5 Å². The molecule has 0 aliphatic heterocycles. The van der Waals surface area contributed by atoms with Gasteiger partial charge in [-0.1, -0.05) is 37.5 Å². The highest BCUT2D eigenvalue weighted by Crippen LogP contribution is 2.45. The SMILES string of the molecule is COC(=O)c1ccc2c(C3CCCCC3)c(-c3ccc4nc(-c5sc(C)nc5C)ccc4c3)n(CC(=O)OC(C)(C)C)c2c1. The van der Waals surface area contributed by atoms with E-state index in [4.69, 9.17) is 14.5 Å². The number of aromatic nitrogens is 3. The molecule has 228 valence electrons. The van der Waals surface area contributed by atoms with Gasteiger partial charge in [-0.3, -0.25) is 4.79 Å². The third-order valence-electron chi connectivity index (χ3n) is 8.34. The fraction of sp³-hybridized carbons (Fsp3) is 0.389. The van der Waals surface area contributed by atoms with Crippen molar-refractivity contribution in [2.45, 2.75) is 84.8 Å². The van der Waals surface area contributed by atoms with Crippen molar-refractivity contribution < 1.29 is 19.1 Å². The maximum atomic E-state index is 13.4. The van der Waals surface area contributed by atoms with Gasteiger partial charge in [-0.15, -0.1) is 11.3 Å². The quantitative estimate of drug-likeness (QED) is 0.179. The Hall–Kier alpha value is -4.04. The highest BCUT2D eigenvalue weighted by Gasteiger charge is 2.29. The lowest BCUT2D eigenvalue weighted by Crippen LogP contribution is -2.26. The van der Waals surface area contributed by atoms with Crippen molar-refractivity contribution in [3.05, 3.63) is 70.4 Å². The second kappa shape index (κ2) is 11.8. The standard InChI is InChI=1S/C36H39N3O4S/c1-21-34(44-22(2)37-21)29-17-13-24-18-25(14-16-28(24)38-29)33-32(23-10-8-7-9-11-23)27-15-12-26(35(41)42-6)19-30(27)39(33)20-31(40)43-36(3,4)5/h12-19,23H,7-11,20H2,1-6H3. The second-order valence-electron chi connectivity index (χ2n) is 12.7. The average molecular weight is 610 g/mol. The smallest absolute Gasteiger partial charge is 0.337 e. The Labute approximate surface area is 262 Å². The van der Waals surface area contributed by atoms with Gasteiger partial charge in [0.25, 0.3) is 0 Å². The summed E-state index contributed by atoms with van der Waals surface area (Å²) in [6, 6.07) is 16.2. The minimum Gasteiger partial charge on any atom is -0.465 e. The molecule has 0 N–H and O–H groups in total. The summed E-state index contributed by atoms with van der Waals surface area (Å²) in [5, 5.41) is 3.11. The first-order valence-electron chi connectivity index (χ1n) is 15.3. The lowest BCUT2D eigenvalue weighted by atomic mass is 9.81. The van der Waals surface area contributed by atoms with Crippen molar-refractivity contribution in [2.24, 2.45) is 0 Å². The van der Waals surface area contributed by atoms with Crippen LogP contribution in [0.5, 0.6) is 0 Å². The van der Waals surface area contributed by atoms with Crippen LogP contribution in [0.2, 0.25) is 0 Å². The van der Waals surface area contributed by atoms with Crippen LogP contribution in [0, 0.1) is 13.8 Å². The van der Waals surface area contributed by atoms with E-state index < -0.39 is 11.6 Å². The van der Waals surface area contributed by atoms with E-state index in [0.717, 1.165) is 67.2 Å². The lowest BCUT2D eigenvalue weighted by Gasteiger charge is -2.24. The van der Waals surface area contributed by atoms with E-state index in [1.807, 2.05) is 57.4 Å². The summed E-state index contributed by atoms with van der Waals surface area (Å²) in [5.74, 6) is -0.382. The monoisotopic (exact) mass is 609 g/mol. The Bertz CT molecular complexity index is 1890. The Balaban J connectivity index is 1.56. The number of fused-ring (bicyclic) bond motifs is 2. The number of carbonyl (C=O) groups is 2. The molecule has 0 saturated heterocycles. The summed E-state index contributed by atoms with van der Waals surface area (Å²) in [6.45, 7) is 9.70. The van der Waals surface area contributed by atoms with Crippen molar-refractivity contribution in [1.29, 1.82) is 0 Å². The summed E-state index contributed by atoms with van der Waals surface area (Å²) in [6.07, 6.45) is 5.75. The molecule has 0 bridgehead atoms. The van der Waals surface area contributed by atoms with Gasteiger partial charge in [0, 0.05) is 10.8 Å². The molecule has 2 aromatic carbocycles. The van der Waals surface area contributed by atoms with Gasteiger partial charge in [0.1, 0.15) is 12.1 Å². The predicted molar refractivity (Wildman–Crippen MR) is 176 cm³/mol. The molecule has 1 aliphatic rings. The molecule has 6 rings (SSSR count). The van der Waals surface area contributed by atoms with Gasteiger partial charge in [-0.2, -0.15) is 0 Å². The summed E-state index contributed by atoms with van der Waals surface area (Å²) in [7, 11) is 1.39. The number of aryl methyl sites for hydroxylation is 2. The lowest BCUT2D eigenvalue weighted by molar-refractivity contribution is -0.155. The van der Waals surface area contributed by atoms with Gasteiger partial charge < -0.3 is 14.0 Å². The van der Waals surface area contributed by atoms with Crippen LogP contribution >= 0.6 is 11.3 Å². The van der Waals surface area contributed by atoms with Gasteiger partial charge in [0.15, 0.2) is 0 Å². The Morgan fingerprint density at radius 1 is 0.977 bits per heavy atom. The highest BCUT2D eigenvalue weighted by molar-refractivity contribution is 7.15. The Kier molecular flexibility index (Phi) is 8.05. The number of hydrogen-bond acceptors (Lipinski definition) is 7. The summed E-state index contributed by atoms with van der Waals surface area (Å²) < 4.78 is 12.9. The normalized spacial score (nSPS) is 14.3. The number of benzene rings is 2. The zero-order valence-corrected chi connectivity index (χ0v) is 27.1. The zero-order valence-electron chi connectivity index (χ0n) is 26.3. The molecule has 0 amide bonds. The number of methoxy groups -OCH3 is 1. The second-order valence-corrected chi connectivity index (χ2v) is 13.9. The summed E-state index contributed by atoms with van der Waals surface area (Å²) in [5.41, 5.74) is 6.73. The molecule has 0 spiro atoms. The molecule has 0 radical (unpaired) electrons. The van der Waals surface area contributed by atoms with Crippen LogP contribution in [0.3, 0.4) is 0 Å². The number of rotatable bonds is 6. The molecule has 3 heterocycles. The average Bonchev–Trinajstić information content (AvgIpc) is 3.50.